The largest absolute Gasteiger partial charge is 0.478 e. The minimum Gasteiger partial charge on any atom is -0.478 e. The van der Waals surface area contributed by atoms with Crippen LogP contribution in [0.15, 0.2) is 18.2 Å². The zero-order valence-electron chi connectivity index (χ0n) is 9.78. The number of hydrogen-bond acceptors (Lipinski definition) is 2. The van der Waals surface area contributed by atoms with E-state index in [4.69, 9.17) is 16.7 Å². The highest BCUT2D eigenvalue weighted by atomic mass is 35.5. The van der Waals surface area contributed by atoms with Crippen LogP contribution in [0.4, 0.5) is 0 Å². The van der Waals surface area contributed by atoms with Gasteiger partial charge in [-0.25, -0.2) is 4.79 Å². The van der Waals surface area contributed by atoms with E-state index < -0.39 is 5.97 Å². The van der Waals surface area contributed by atoms with Gasteiger partial charge in [0.25, 0.3) is 0 Å². The van der Waals surface area contributed by atoms with Crippen molar-refractivity contribution in [3.63, 3.8) is 0 Å². The molecule has 5 heteroatoms. The first kappa shape index (κ1) is 12.9. The SMILES string of the molecule is O=C(O)c1cc(CNC(=O)C2CCC2)ccc1Cl. The molecule has 0 heterocycles. The van der Waals surface area contributed by atoms with Gasteiger partial charge in [0.15, 0.2) is 0 Å². The van der Waals surface area contributed by atoms with Crippen LogP contribution in [0.1, 0.15) is 35.2 Å². The van der Waals surface area contributed by atoms with Crippen LogP contribution in [0, 0.1) is 5.92 Å². The number of carboxylic acid groups (broad SMARTS) is 1. The van der Waals surface area contributed by atoms with Crippen molar-refractivity contribution in [3.8, 4) is 0 Å². The van der Waals surface area contributed by atoms with E-state index in [1.165, 1.54) is 12.1 Å². The highest BCUT2D eigenvalue weighted by Crippen LogP contribution is 2.26. The van der Waals surface area contributed by atoms with E-state index in [1.807, 2.05) is 0 Å². The van der Waals surface area contributed by atoms with Crippen molar-refractivity contribution in [1.29, 1.82) is 0 Å². The molecule has 0 atom stereocenters. The molecular weight excluding hydrogens is 254 g/mol. The maximum absolute atomic E-state index is 11.6. The van der Waals surface area contributed by atoms with Crippen LogP contribution in [0.25, 0.3) is 0 Å². The van der Waals surface area contributed by atoms with Gasteiger partial charge in [-0.2, -0.15) is 0 Å². The maximum atomic E-state index is 11.6. The molecular formula is C13H14ClNO3. The Morgan fingerprint density at radius 3 is 2.67 bits per heavy atom. The number of carbonyl (C=O) groups excluding carboxylic acids is 1. The fourth-order valence-electron chi connectivity index (χ4n) is 1.85. The number of halogens is 1. The predicted molar refractivity (Wildman–Crippen MR) is 67.6 cm³/mol. The summed E-state index contributed by atoms with van der Waals surface area (Å²) >= 11 is 5.77. The zero-order chi connectivity index (χ0) is 13.1. The number of carboxylic acids is 1. The van der Waals surface area contributed by atoms with E-state index in [-0.39, 0.29) is 22.4 Å². The Hall–Kier alpha value is -1.55. The van der Waals surface area contributed by atoms with Crippen LogP contribution in [-0.2, 0) is 11.3 Å². The molecule has 0 unspecified atom stereocenters. The van der Waals surface area contributed by atoms with Gasteiger partial charge in [0, 0.05) is 12.5 Å². The topological polar surface area (TPSA) is 66.4 Å². The van der Waals surface area contributed by atoms with Crippen molar-refractivity contribution >= 4 is 23.5 Å². The monoisotopic (exact) mass is 267 g/mol. The summed E-state index contributed by atoms with van der Waals surface area (Å²) in [6, 6.07) is 4.75. The molecule has 0 bridgehead atoms. The molecule has 1 aliphatic rings. The normalized spacial score (nSPS) is 14.9. The highest BCUT2D eigenvalue weighted by molar-refractivity contribution is 6.33. The van der Waals surface area contributed by atoms with Gasteiger partial charge < -0.3 is 10.4 Å². The Labute approximate surface area is 110 Å². The molecule has 2 N–H and O–H groups in total. The number of nitrogens with one attached hydrogen (secondary N) is 1. The molecule has 18 heavy (non-hydrogen) atoms. The number of amides is 1. The quantitative estimate of drug-likeness (QED) is 0.881. The highest BCUT2D eigenvalue weighted by Gasteiger charge is 2.24. The van der Waals surface area contributed by atoms with Crippen molar-refractivity contribution in [3.05, 3.63) is 34.3 Å². The predicted octanol–water partition coefficient (Wildman–Crippen LogP) is 2.45. The zero-order valence-corrected chi connectivity index (χ0v) is 10.5. The van der Waals surface area contributed by atoms with E-state index in [0.717, 1.165) is 24.8 Å². The molecule has 1 aliphatic carbocycles. The fraction of sp³-hybridized carbons (Fsp3) is 0.385. The van der Waals surface area contributed by atoms with Gasteiger partial charge in [0.2, 0.25) is 5.91 Å². The van der Waals surface area contributed by atoms with Gasteiger partial charge in [-0.05, 0) is 30.5 Å². The van der Waals surface area contributed by atoms with Gasteiger partial charge in [0.05, 0.1) is 10.6 Å². The van der Waals surface area contributed by atoms with Crippen LogP contribution < -0.4 is 5.32 Å². The second-order valence-electron chi connectivity index (χ2n) is 4.46. The molecule has 0 aliphatic heterocycles. The van der Waals surface area contributed by atoms with Crippen LogP contribution in [-0.4, -0.2) is 17.0 Å². The number of hydrogen-bond donors (Lipinski definition) is 2. The molecule has 2 rings (SSSR count). The summed E-state index contributed by atoms with van der Waals surface area (Å²) in [4.78, 5) is 22.5. The summed E-state index contributed by atoms with van der Waals surface area (Å²) in [5.41, 5.74) is 0.802. The first-order valence-electron chi connectivity index (χ1n) is 5.87. The number of aromatic carboxylic acids is 1. The molecule has 1 fully saturated rings. The average molecular weight is 268 g/mol. The molecule has 96 valence electrons. The van der Waals surface area contributed by atoms with Gasteiger partial charge >= 0.3 is 5.97 Å². The van der Waals surface area contributed by atoms with Gasteiger partial charge in [0.1, 0.15) is 0 Å². The summed E-state index contributed by atoms with van der Waals surface area (Å²) in [6.07, 6.45) is 3.02. The summed E-state index contributed by atoms with van der Waals surface area (Å²) < 4.78 is 0. The van der Waals surface area contributed by atoms with Crippen LogP contribution in [0.5, 0.6) is 0 Å². The molecule has 0 saturated heterocycles. The maximum Gasteiger partial charge on any atom is 0.337 e. The van der Waals surface area contributed by atoms with Crippen molar-refractivity contribution < 1.29 is 14.7 Å². The number of carbonyl (C=O) groups is 2. The van der Waals surface area contributed by atoms with Crippen LogP contribution in [0.2, 0.25) is 5.02 Å². The first-order chi connectivity index (χ1) is 8.58. The number of benzene rings is 1. The minimum atomic E-state index is -1.06. The van der Waals surface area contributed by atoms with Crippen molar-refractivity contribution in [2.75, 3.05) is 0 Å². The van der Waals surface area contributed by atoms with Gasteiger partial charge in [-0.3, -0.25) is 4.79 Å². The standard InChI is InChI=1S/C13H14ClNO3/c14-11-5-4-8(6-10(11)13(17)18)7-15-12(16)9-2-1-3-9/h4-6,9H,1-3,7H2,(H,15,16)(H,17,18). The second kappa shape index (κ2) is 5.40. The van der Waals surface area contributed by atoms with E-state index in [9.17, 15) is 9.59 Å². The van der Waals surface area contributed by atoms with Crippen LogP contribution in [0.3, 0.4) is 0 Å². The Bertz CT molecular complexity index is 483. The van der Waals surface area contributed by atoms with Gasteiger partial charge in [-0.1, -0.05) is 24.1 Å². The van der Waals surface area contributed by atoms with Crippen molar-refractivity contribution in [2.24, 2.45) is 5.92 Å². The lowest BCUT2D eigenvalue weighted by molar-refractivity contribution is -0.127. The van der Waals surface area contributed by atoms with Gasteiger partial charge in [-0.15, -0.1) is 0 Å². The first-order valence-corrected chi connectivity index (χ1v) is 6.25. The van der Waals surface area contributed by atoms with E-state index >= 15 is 0 Å². The Morgan fingerprint density at radius 1 is 1.39 bits per heavy atom. The molecule has 1 saturated carbocycles. The Balaban J connectivity index is 1.98. The van der Waals surface area contributed by atoms with E-state index in [0.29, 0.717) is 6.54 Å². The molecule has 0 radical (unpaired) electrons. The third-order valence-electron chi connectivity index (χ3n) is 3.20. The van der Waals surface area contributed by atoms with Crippen molar-refractivity contribution in [1.82, 2.24) is 5.32 Å². The fourth-order valence-corrected chi connectivity index (χ4v) is 2.05. The third-order valence-corrected chi connectivity index (χ3v) is 3.53. The Morgan fingerprint density at radius 2 is 2.11 bits per heavy atom. The molecule has 1 amide bonds. The molecule has 1 aromatic rings. The smallest absolute Gasteiger partial charge is 0.337 e. The Kier molecular flexibility index (Phi) is 3.87. The molecule has 0 spiro atoms. The molecule has 4 nitrogen and oxygen atoms in total. The molecule has 1 aromatic carbocycles. The van der Waals surface area contributed by atoms with E-state index in [2.05, 4.69) is 5.32 Å². The minimum absolute atomic E-state index is 0.0491. The summed E-state index contributed by atoms with van der Waals surface area (Å²) in [6.45, 7) is 0.340. The number of rotatable bonds is 4. The third kappa shape index (κ3) is 2.82. The van der Waals surface area contributed by atoms with Crippen LogP contribution >= 0.6 is 11.6 Å². The lowest BCUT2D eigenvalue weighted by Gasteiger charge is -2.24. The second-order valence-corrected chi connectivity index (χ2v) is 4.87. The summed E-state index contributed by atoms with van der Waals surface area (Å²) in [7, 11) is 0. The summed E-state index contributed by atoms with van der Waals surface area (Å²) in [5, 5.41) is 11.9. The molecule has 0 aromatic heterocycles. The summed E-state index contributed by atoms with van der Waals surface area (Å²) in [5.74, 6) is -0.878. The van der Waals surface area contributed by atoms with E-state index in [1.54, 1.807) is 6.07 Å². The average Bonchev–Trinajstić information content (AvgIpc) is 2.25. The lowest BCUT2D eigenvalue weighted by Crippen LogP contribution is -2.33. The lowest BCUT2D eigenvalue weighted by atomic mass is 9.85. The van der Waals surface area contributed by atoms with Crippen molar-refractivity contribution in [2.45, 2.75) is 25.8 Å².